The number of hydrogen-bond donors (Lipinski definition) is 0. The molecule has 10 heavy (non-hydrogen) atoms. The molecule has 0 heterocycles. The smallest absolute Gasteiger partial charge is 0.221 e. The van der Waals surface area contributed by atoms with Gasteiger partial charge in [0.2, 0.25) is 6.04 Å². The van der Waals surface area contributed by atoms with Crippen molar-refractivity contribution in [3.63, 3.8) is 0 Å². The summed E-state index contributed by atoms with van der Waals surface area (Å²) in [6.45, 7) is 11.1. The molecule has 1 nitrogen and oxygen atoms in total. The zero-order chi connectivity index (χ0) is 7.56. The summed E-state index contributed by atoms with van der Waals surface area (Å²) >= 11 is 0. The molecule has 0 saturated heterocycles. The fraction of sp³-hybridized carbons (Fsp3) is 0.889. The van der Waals surface area contributed by atoms with E-state index in [-0.39, 0.29) is 6.04 Å². The summed E-state index contributed by atoms with van der Waals surface area (Å²) in [4.78, 5) is 3.49. The minimum atomic E-state index is 0.246. The summed E-state index contributed by atoms with van der Waals surface area (Å²) in [5.74, 6) is 1.76. The molecular formula is C9H15N. The van der Waals surface area contributed by atoms with Gasteiger partial charge in [0.05, 0.1) is 0 Å². The molecule has 0 radical (unpaired) electrons. The van der Waals surface area contributed by atoms with Crippen molar-refractivity contribution < 1.29 is 0 Å². The van der Waals surface area contributed by atoms with Crippen LogP contribution in [0.3, 0.4) is 0 Å². The molecule has 2 atom stereocenters. The van der Waals surface area contributed by atoms with Crippen LogP contribution in [0.15, 0.2) is 0 Å². The lowest BCUT2D eigenvalue weighted by Gasteiger charge is -2.07. The van der Waals surface area contributed by atoms with Crippen molar-refractivity contribution in [3.8, 4) is 0 Å². The van der Waals surface area contributed by atoms with Crippen LogP contribution in [0.1, 0.15) is 33.1 Å². The zero-order valence-corrected chi connectivity index (χ0v) is 6.80. The van der Waals surface area contributed by atoms with Crippen LogP contribution in [-0.2, 0) is 0 Å². The van der Waals surface area contributed by atoms with Crippen LogP contribution in [0, 0.1) is 18.4 Å². The second kappa shape index (κ2) is 3.05. The largest absolute Gasteiger partial charge is 0.314 e. The van der Waals surface area contributed by atoms with Gasteiger partial charge in [-0.1, -0.05) is 6.92 Å². The van der Waals surface area contributed by atoms with E-state index in [0.29, 0.717) is 0 Å². The normalized spacial score (nSPS) is 23.3. The second-order valence-electron chi connectivity index (χ2n) is 3.53. The highest BCUT2D eigenvalue weighted by atomic mass is 14.7. The average molecular weight is 137 g/mol. The van der Waals surface area contributed by atoms with Gasteiger partial charge in [-0.15, -0.1) is 0 Å². The number of hydrogen-bond acceptors (Lipinski definition) is 0. The SMILES string of the molecule is [C-]#[N+]C(C)CC(C)C1CC1. The summed E-state index contributed by atoms with van der Waals surface area (Å²) in [7, 11) is 0. The first-order valence-corrected chi connectivity index (χ1v) is 4.10. The highest BCUT2D eigenvalue weighted by Crippen LogP contribution is 2.38. The van der Waals surface area contributed by atoms with E-state index in [1.807, 2.05) is 6.92 Å². The molecule has 0 N–H and O–H groups in total. The fourth-order valence-corrected chi connectivity index (χ4v) is 1.45. The van der Waals surface area contributed by atoms with Crippen LogP contribution >= 0.6 is 0 Å². The summed E-state index contributed by atoms with van der Waals surface area (Å²) in [6, 6.07) is 0.246. The quantitative estimate of drug-likeness (QED) is 0.527. The van der Waals surface area contributed by atoms with Crippen molar-refractivity contribution in [2.24, 2.45) is 11.8 Å². The van der Waals surface area contributed by atoms with E-state index >= 15 is 0 Å². The van der Waals surface area contributed by atoms with E-state index in [1.165, 1.54) is 12.8 Å². The molecular weight excluding hydrogens is 122 g/mol. The van der Waals surface area contributed by atoms with Crippen LogP contribution in [0.4, 0.5) is 0 Å². The van der Waals surface area contributed by atoms with E-state index in [4.69, 9.17) is 6.57 Å². The first kappa shape index (κ1) is 7.60. The van der Waals surface area contributed by atoms with Crippen LogP contribution in [-0.4, -0.2) is 6.04 Å². The monoisotopic (exact) mass is 137 g/mol. The minimum absolute atomic E-state index is 0.246. The van der Waals surface area contributed by atoms with Gasteiger partial charge in [-0.25, -0.2) is 6.57 Å². The van der Waals surface area contributed by atoms with Crippen LogP contribution in [0.2, 0.25) is 0 Å². The lowest BCUT2D eigenvalue weighted by molar-refractivity contribution is 0.453. The molecule has 1 fully saturated rings. The molecule has 56 valence electrons. The fourth-order valence-electron chi connectivity index (χ4n) is 1.45. The maximum atomic E-state index is 6.79. The lowest BCUT2D eigenvalue weighted by Crippen LogP contribution is -2.05. The minimum Gasteiger partial charge on any atom is -0.314 e. The van der Waals surface area contributed by atoms with E-state index in [9.17, 15) is 0 Å². The van der Waals surface area contributed by atoms with Crippen molar-refractivity contribution in [3.05, 3.63) is 11.4 Å². The molecule has 0 aliphatic heterocycles. The Balaban J connectivity index is 2.17. The van der Waals surface area contributed by atoms with Crippen LogP contribution < -0.4 is 0 Å². The third-order valence-electron chi connectivity index (χ3n) is 2.36. The Bertz CT molecular complexity index is 141. The first-order chi connectivity index (χ1) is 4.74. The first-order valence-electron chi connectivity index (χ1n) is 4.10. The maximum absolute atomic E-state index is 6.79. The Hall–Kier alpha value is -0.510. The van der Waals surface area contributed by atoms with Gasteiger partial charge in [-0.3, -0.25) is 0 Å². The topological polar surface area (TPSA) is 4.36 Å². The standard InChI is InChI=1S/C9H15N/c1-7(9-4-5-9)6-8(2)10-3/h7-9H,4-6H2,1-2H3. The van der Waals surface area contributed by atoms with E-state index < -0.39 is 0 Å². The van der Waals surface area contributed by atoms with Gasteiger partial charge < -0.3 is 4.85 Å². The Morgan fingerprint density at radius 1 is 1.50 bits per heavy atom. The van der Waals surface area contributed by atoms with E-state index in [2.05, 4.69) is 11.8 Å². The van der Waals surface area contributed by atoms with Crippen LogP contribution in [0.5, 0.6) is 0 Å². The molecule has 0 amide bonds. The predicted molar refractivity (Wildman–Crippen MR) is 42.6 cm³/mol. The highest BCUT2D eigenvalue weighted by molar-refractivity contribution is 4.84. The molecule has 2 unspecified atom stereocenters. The molecule has 0 bridgehead atoms. The number of rotatable bonds is 3. The van der Waals surface area contributed by atoms with Gasteiger partial charge in [-0.2, -0.15) is 0 Å². The molecule has 0 aromatic heterocycles. The Kier molecular flexibility index (Phi) is 2.32. The summed E-state index contributed by atoms with van der Waals surface area (Å²) in [5, 5.41) is 0. The van der Waals surface area contributed by atoms with Gasteiger partial charge in [-0.05, 0) is 24.7 Å². The molecule has 1 aliphatic carbocycles. The maximum Gasteiger partial charge on any atom is 0.221 e. The van der Waals surface area contributed by atoms with Crippen molar-refractivity contribution in [1.29, 1.82) is 0 Å². The Morgan fingerprint density at radius 3 is 2.50 bits per heavy atom. The molecule has 0 spiro atoms. The molecule has 0 aromatic rings. The van der Waals surface area contributed by atoms with Gasteiger partial charge in [0, 0.05) is 13.3 Å². The van der Waals surface area contributed by atoms with Gasteiger partial charge in [0.15, 0.2) is 0 Å². The predicted octanol–water partition coefficient (Wildman–Crippen LogP) is 2.73. The summed E-state index contributed by atoms with van der Waals surface area (Å²) in [5.41, 5.74) is 0. The molecule has 1 aliphatic rings. The summed E-state index contributed by atoms with van der Waals surface area (Å²) in [6.07, 6.45) is 3.92. The van der Waals surface area contributed by atoms with Crippen molar-refractivity contribution >= 4 is 0 Å². The number of nitrogens with zero attached hydrogens (tertiary/aromatic N) is 1. The Labute approximate surface area is 63.3 Å². The third kappa shape index (κ3) is 2.02. The molecule has 1 heteroatoms. The average Bonchev–Trinajstić information content (AvgIpc) is 2.68. The highest BCUT2D eigenvalue weighted by Gasteiger charge is 2.29. The molecule has 1 saturated carbocycles. The third-order valence-corrected chi connectivity index (χ3v) is 2.36. The van der Waals surface area contributed by atoms with Crippen molar-refractivity contribution in [1.82, 2.24) is 0 Å². The van der Waals surface area contributed by atoms with Crippen molar-refractivity contribution in [2.75, 3.05) is 0 Å². The second-order valence-corrected chi connectivity index (χ2v) is 3.53. The molecule has 1 rings (SSSR count). The van der Waals surface area contributed by atoms with Crippen LogP contribution in [0.25, 0.3) is 4.85 Å². The van der Waals surface area contributed by atoms with Gasteiger partial charge >= 0.3 is 0 Å². The lowest BCUT2D eigenvalue weighted by atomic mass is 9.98. The summed E-state index contributed by atoms with van der Waals surface area (Å²) < 4.78 is 0. The molecule has 0 aromatic carbocycles. The van der Waals surface area contributed by atoms with E-state index in [1.54, 1.807) is 0 Å². The van der Waals surface area contributed by atoms with Crippen molar-refractivity contribution in [2.45, 2.75) is 39.2 Å². The van der Waals surface area contributed by atoms with Gasteiger partial charge in [0.25, 0.3) is 0 Å². The van der Waals surface area contributed by atoms with E-state index in [0.717, 1.165) is 18.3 Å². The zero-order valence-electron chi connectivity index (χ0n) is 6.80. The Morgan fingerprint density at radius 2 is 2.10 bits per heavy atom. The van der Waals surface area contributed by atoms with Gasteiger partial charge in [0.1, 0.15) is 0 Å².